The lowest BCUT2D eigenvalue weighted by atomic mass is 9.79. The maximum atomic E-state index is 13.4. The molecule has 2 aliphatic rings. The Hall–Kier alpha value is -0.450. The van der Waals surface area contributed by atoms with Gasteiger partial charge < -0.3 is 5.32 Å². The second-order valence-corrected chi connectivity index (χ2v) is 7.77. The second kappa shape index (κ2) is 5.98. The van der Waals surface area contributed by atoms with E-state index in [1.54, 1.807) is 23.9 Å². The van der Waals surface area contributed by atoms with E-state index in [2.05, 4.69) is 12.2 Å². The van der Waals surface area contributed by atoms with E-state index in [4.69, 9.17) is 28.2 Å². The van der Waals surface area contributed by atoms with Gasteiger partial charge in [-0.05, 0) is 43.7 Å². The number of aliphatic imine (C=N–C) groups is 1. The Kier molecular flexibility index (Phi) is 4.40. The monoisotopic (exact) mass is 346 g/mol. The van der Waals surface area contributed by atoms with Gasteiger partial charge in [0.05, 0.1) is 15.6 Å². The van der Waals surface area contributed by atoms with Gasteiger partial charge in [0.25, 0.3) is 0 Å². The first-order chi connectivity index (χ1) is 9.97. The molecule has 1 spiro atoms. The van der Waals surface area contributed by atoms with Gasteiger partial charge >= 0.3 is 0 Å². The van der Waals surface area contributed by atoms with Crippen LogP contribution in [0, 0.1) is 11.7 Å². The van der Waals surface area contributed by atoms with E-state index in [0.29, 0.717) is 5.69 Å². The van der Waals surface area contributed by atoms with Gasteiger partial charge in [-0.3, -0.25) is 4.99 Å². The van der Waals surface area contributed by atoms with Crippen LogP contribution in [0.15, 0.2) is 17.1 Å². The molecule has 21 heavy (non-hydrogen) atoms. The van der Waals surface area contributed by atoms with E-state index in [0.717, 1.165) is 29.7 Å². The van der Waals surface area contributed by atoms with E-state index >= 15 is 0 Å². The molecule has 0 saturated heterocycles. The number of rotatable bonds is 1. The van der Waals surface area contributed by atoms with Crippen molar-refractivity contribution in [1.29, 1.82) is 0 Å². The van der Waals surface area contributed by atoms with Crippen molar-refractivity contribution < 1.29 is 4.39 Å². The molecule has 1 N–H and O–H groups in total. The van der Waals surface area contributed by atoms with Crippen molar-refractivity contribution in [3.05, 3.63) is 28.0 Å². The maximum absolute atomic E-state index is 13.4. The van der Waals surface area contributed by atoms with E-state index in [1.807, 2.05) is 0 Å². The summed E-state index contributed by atoms with van der Waals surface area (Å²) < 4.78 is 13.4. The van der Waals surface area contributed by atoms with Gasteiger partial charge in [-0.1, -0.05) is 41.9 Å². The minimum Gasteiger partial charge on any atom is -0.335 e. The van der Waals surface area contributed by atoms with Crippen molar-refractivity contribution in [2.75, 3.05) is 11.1 Å². The fourth-order valence-corrected chi connectivity index (χ4v) is 4.55. The summed E-state index contributed by atoms with van der Waals surface area (Å²) >= 11 is 13.4. The number of hydrogen-bond acceptors (Lipinski definition) is 3. The first kappa shape index (κ1) is 15.4. The lowest BCUT2D eigenvalue weighted by Gasteiger charge is -2.32. The van der Waals surface area contributed by atoms with Crippen molar-refractivity contribution >= 4 is 45.8 Å². The molecule has 1 heterocycles. The summed E-state index contributed by atoms with van der Waals surface area (Å²) in [5.41, 5.74) is 0.770. The average Bonchev–Trinajstić information content (AvgIpc) is 2.83. The number of amidine groups is 1. The van der Waals surface area contributed by atoms with Crippen LogP contribution < -0.4 is 5.32 Å². The van der Waals surface area contributed by atoms with Crippen LogP contribution in [0.4, 0.5) is 10.1 Å². The predicted molar refractivity (Wildman–Crippen MR) is 90.3 cm³/mol. The number of hydrogen-bond donors (Lipinski definition) is 1. The standard InChI is InChI=1S/C15H17Cl2FN2S/c1-9-2-4-15(5-3-9)8-21-14(20-15)19-10-6-11(16)13(18)12(17)7-10/h6-7,9H,2-5,8H2,1H3,(H,19,20). The molecule has 0 unspecified atom stereocenters. The third-order valence-electron chi connectivity index (χ3n) is 4.26. The highest BCUT2D eigenvalue weighted by molar-refractivity contribution is 8.14. The number of nitrogens with one attached hydrogen (secondary N) is 1. The molecule has 1 aromatic rings. The molecule has 1 aliphatic carbocycles. The minimum absolute atomic E-state index is 0.0230. The third-order valence-corrected chi connectivity index (χ3v) is 5.95. The summed E-state index contributed by atoms with van der Waals surface area (Å²) in [5, 5.41) is 4.13. The molecule has 0 amide bonds. The molecule has 114 valence electrons. The molecule has 2 nitrogen and oxygen atoms in total. The van der Waals surface area contributed by atoms with E-state index in [1.165, 1.54) is 12.8 Å². The van der Waals surface area contributed by atoms with E-state index in [9.17, 15) is 4.39 Å². The van der Waals surface area contributed by atoms with Crippen LogP contribution in [0.5, 0.6) is 0 Å². The Morgan fingerprint density at radius 1 is 1.29 bits per heavy atom. The summed E-state index contributed by atoms with van der Waals surface area (Å²) in [7, 11) is 0. The Morgan fingerprint density at radius 3 is 2.52 bits per heavy atom. The molecule has 1 aliphatic heterocycles. The molecule has 0 radical (unpaired) electrons. The van der Waals surface area contributed by atoms with Crippen LogP contribution >= 0.6 is 35.0 Å². The van der Waals surface area contributed by atoms with Crippen molar-refractivity contribution in [2.45, 2.75) is 38.1 Å². The van der Waals surface area contributed by atoms with Gasteiger partial charge in [-0.15, -0.1) is 0 Å². The normalized spacial score (nSPS) is 28.8. The van der Waals surface area contributed by atoms with Crippen molar-refractivity contribution in [3.8, 4) is 0 Å². The maximum Gasteiger partial charge on any atom is 0.161 e. The van der Waals surface area contributed by atoms with Gasteiger partial charge in [-0.2, -0.15) is 0 Å². The fraction of sp³-hybridized carbons (Fsp3) is 0.533. The van der Waals surface area contributed by atoms with Crippen molar-refractivity contribution in [3.63, 3.8) is 0 Å². The van der Waals surface area contributed by atoms with Crippen LogP contribution in [0.2, 0.25) is 10.0 Å². The lowest BCUT2D eigenvalue weighted by Crippen LogP contribution is -2.32. The molecule has 0 bridgehead atoms. The smallest absolute Gasteiger partial charge is 0.161 e. The summed E-state index contributed by atoms with van der Waals surface area (Å²) in [5.74, 6) is 1.25. The number of thioether (sulfide) groups is 1. The molecule has 6 heteroatoms. The number of benzene rings is 1. The van der Waals surface area contributed by atoms with Crippen LogP contribution in [0.1, 0.15) is 32.6 Å². The second-order valence-electron chi connectivity index (χ2n) is 5.99. The van der Waals surface area contributed by atoms with Crippen LogP contribution in [-0.4, -0.2) is 16.5 Å². The molecule has 0 atom stereocenters. The summed E-state index contributed by atoms with van der Waals surface area (Å²) in [4.78, 5) is 4.88. The van der Waals surface area contributed by atoms with Gasteiger partial charge in [0, 0.05) is 11.4 Å². The average molecular weight is 347 g/mol. The summed E-state index contributed by atoms with van der Waals surface area (Å²) in [6.07, 6.45) is 4.78. The van der Waals surface area contributed by atoms with Gasteiger partial charge in [-0.25, -0.2) is 4.39 Å². The molecule has 0 aromatic heterocycles. The number of halogens is 3. The fourth-order valence-electron chi connectivity index (χ4n) is 2.85. The van der Waals surface area contributed by atoms with Crippen LogP contribution in [0.25, 0.3) is 0 Å². The Labute approximate surface area is 138 Å². The predicted octanol–water partition coefficient (Wildman–Crippen LogP) is 5.60. The molecule has 1 aromatic carbocycles. The lowest BCUT2D eigenvalue weighted by molar-refractivity contribution is 0.273. The summed E-state index contributed by atoms with van der Waals surface area (Å²) in [6, 6.07) is 3.08. The zero-order valence-corrected chi connectivity index (χ0v) is 14.1. The number of nitrogens with zero attached hydrogens (tertiary/aromatic N) is 1. The Balaban J connectivity index is 1.74. The van der Waals surface area contributed by atoms with Gasteiger partial charge in [0.2, 0.25) is 0 Å². The van der Waals surface area contributed by atoms with E-state index < -0.39 is 5.82 Å². The summed E-state index contributed by atoms with van der Waals surface area (Å²) in [6.45, 7) is 2.31. The quantitative estimate of drug-likeness (QED) is 0.669. The molecular formula is C15H17Cl2FN2S. The highest BCUT2D eigenvalue weighted by Gasteiger charge is 2.38. The van der Waals surface area contributed by atoms with Crippen LogP contribution in [-0.2, 0) is 0 Å². The van der Waals surface area contributed by atoms with E-state index in [-0.39, 0.29) is 15.6 Å². The zero-order chi connectivity index (χ0) is 15.0. The zero-order valence-electron chi connectivity index (χ0n) is 11.8. The topological polar surface area (TPSA) is 24.4 Å². The SMILES string of the molecule is CC1CCC2(CC1)CSC(Nc1cc(Cl)c(F)c(Cl)c1)=N2. The molecule has 3 rings (SSSR count). The first-order valence-electron chi connectivity index (χ1n) is 7.12. The molecule has 1 saturated carbocycles. The minimum atomic E-state index is -0.581. The first-order valence-corrected chi connectivity index (χ1v) is 8.86. The van der Waals surface area contributed by atoms with Gasteiger partial charge in [0.1, 0.15) is 0 Å². The largest absolute Gasteiger partial charge is 0.335 e. The Bertz CT molecular complexity index is 560. The molecule has 1 fully saturated rings. The highest BCUT2D eigenvalue weighted by Crippen LogP contribution is 2.42. The van der Waals surface area contributed by atoms with Crippen molar-refractivity contribution in [1.82, 2.24) is 0 Å². The molecular weight excluding hydrogens is 330 g/mol. The van der Waals surface area contributed by atoms with Gasteiger partial charge in [0.15, 0.2) is 11.0 Å². The third kappa shape index (κ3) is 3.33. The van der Waals surface area contributed by atoms with Crippen LogP contribution in [0.3, 0.4) is 0 Å². The number of anilines is 1. The van der Waals surface area contributed by atoms with Crippen molar-refractivity contribution in [2.24, 2.45) is 10.9 Å². The Morgan fingerprint density at radius 2 is 1.90 bits per heavy atom. The highest BCUT2D eigenvalue weighted by atomic mass is 35.5.